The van der Waals surface area contributed by atoms with E-state index in [1.54, 1.807) is 0 Å². The standard InChI is InChI=1S/C17H23NOS2/c1-17(2)12-13(7-8-19-17)18-15(16-6-4-10-21-16)11-14-5-3-9-20-14/h3-6,9-10,13,15,18H,7-8,11-12H2,1-2H3. The van der Waals surface area contributed by atoms with Gasteiger partial charge >= 0.3 is 0 Å². The summed E-state index contributed by atoms with van der Waals surface area (Å²) in [7, 11) is 0. The van der Waals surface area contributed by atoms with Crippen molar-refractivity contribution in [1.82, 2.24) is 5.32 Å². The highest BCUT2D eigenvalue weighted by atomic mass is 32.1. The molecular formula is C17H23NOS2. The van der Waals surface area contributed by atoms with E-state index in [0.717, 1.165) is 25.9 Å². The van der Waals surface area contributed by atoms with Crippen molar-refractivity contribution in [3.63, 3.8) is 0 Å². The second kappa shape index (κ2) is 6.61. The Labute approximate surface area is 135 Å². The topological polar surface area (TPSA) is 21.3 Å². The van der Waals surface area contributed by atoms with Crippen molar-refractivity contribution >= 4 is 22.7 Å². The molecule has 0 spiro atoms. The predicted molar refractivity (Wildman–Crippen MR) is 91.3 cm³/mol. The molecule has 1 saturated heterocycles. The number of rotatable bonds is 5. The Balaban J connectivity index is 1.70. The highest BCUT2D eigenvalue weighted by Crippen LogP contribution is 2.29. The molecule has 0 bridgehead atoms. The van der Waals surface area contributed by atoms with E-state index >= 15 is 0 Å². The first-order valence-electron chi connectivity index (χ1n) is 7.58. The van der Waals surface area contributed by atoms with Crippen molar-refractivity contribution in [3.8, 4) is 0 Å². The molecule has 1 aliphatic heterocycles. The minimum absolute atomic E-state index is 0.00114. The highest BCUT2D eigenvalue weighted by Gasteiger charge is 2.30. The van der Waals surface area contributed by atoms with Gasteiger partial charge in [-0.05, 0) is 49.6 Å². The van der Waals surface area contributed by atoms with E-state index < -0.39 is 0 Å². The number of hydrogen-bond donors (Lipinski definition) is 1. The quantitative estimate of drug-likeness (QED) is 0.866. The molecule has 3 rings (SSSR count). The summed E-state index contributed by atoms with van der Waals surface area (Å²) in [5.74, 6) is 0. The van der Waals surface area contributed by atoms with Crippen LogP contribution in [-0.2, 0) is 11.2 Å². The van der Waals surface area contributed by atoms with Crippen LogP contribution in [0.3, 0.4) is 0 Å². The van der Waals surface area contributed by atoms with Crippen LogP contribution < -0.4 is 5.32 Å². The van der Waals surface area contributed by atoms with Crippen LogP contribution >= 0.6 is 22.7 Å². The van der Waals surface area contributed by atoms with Crippen molar-refractivity contribution in [2.45, 2.75) is 50.8 Å². The average molecular weight is 322 g/mol. The van der Waals surface area contributed by atoms with Gasteiger partial charge in [0.05, 0.1) is 5.60 Å². The fourth-order valence-corrected chi connectivity index (χ4v) is 4.56. The van der Waals surface area contributed by atoms with Crippen molar-refractivity contribution in [1.29, 1.82) is 0 Å². The van der Waals surface area contributed by atoms with Crippen LogP contribution in [0.2, 0.25) is 0 Å². The Morgan fingerprint density at radius 3 is 2.76 bits per heavy atom. The van der Waals surface area contributed by atoms with E-state index in [2.05, 4.69) is 54.2 Å². The molecule has 0 radical (unpaired) electrons. The van der Waals surface area contributed by atoms with Crippen molar-refractivity contribution < 1.29 is 4.74 Å². The monoisotopic (exact) mass is 321 g/mol. The van der Waals surface area contributed by atoms with Crippen LogP contribution in [-0.4, -0.2) is 18.2 Å². The molecule has 2 nitrogen and oxygen atoms in total. The van der Waals surface area contributed by atoms with E-state index in [4.69, 9.17) is 4.74 Å². The Morgan fingerprint density at radius 1 is 1.29 bits per heavy atom. The second-order valence-corrected chi connectivity index (χ2v) is 8.33. The SMILES string of the molecule is CC1(C)CC(NC(Cc2cccs2)c2cccs2)CCO1. The van der Waals surface area contributed by atoms with Gasteiger partial charge in [-0.2, -0.15) is 0 Å². The van der Waals surface area contributed by atoms with Gasteiger partial charge in [-0.15, -0.1) is 22.7 Å². The van der Waals surface area contributed by atoms with Gasteiger partial charge in [0.2, 0.25) is 0 Å². The zero-order valence-electron chi connectivity index (χ0n) is 12.7. The van der Waals surface area contributed by atoms with Crippen LogP contribution in [0.4, 0.5) is 0 Å². The van der Waals surface area contributed by atoms with Crippen LogP contribution in [0.1, 0.15) is 42.5 Å². The molecule has 2 unspecified atom stereocenters. The zero-order valence-corrected chi connectivity index (χ0v) is 14.3. The minimum Gasteiger partial charge on any atom is -0.375 e. The molecule has 0 amide bonds. The molecule has 21 heavy (non-hydrogen) atoms. The summed E-state index contributed by atoms with van der Waals surface area (Å²) in [6, 6.07) is 9.74. The summed E-state index contributed by atoms with van der Waals surface area (Å²) < 4.78 is 5.84. The van der Waals surface area contributed by atoms with Gasteiger partial charge in [0, 0.05) is 34.9 Å². The van der Waals surface area contributed by atoms with E-state index in [0.29, 0.717) is 12.1 Å². The van der Waals surface area contributed by atoms with Gasteiger partial charge in [0.25, 0.3) is 0 Å². The lowest BCUT2D eigenvalue weighted by Crippen LogP contribution is -2.45. The number of hydrogen-bond acceptors (Lipinski definition) is 4. The van der Waals surface area contributed by atoms with Gasteiger partial charge in [0.15, 0.2) is 0 Å². The minimum atomic E-state index is -0.00114. The third kappa shape index (κ3) is 4.16. The van der Waals surface area contributed by atoms with E-state index in [-0.39, 0.29) is 5.60 Å². The normalized spacial score (nSPS) is 23.0. The van der Waals surface area contributed by atoms with Crippen molar-refractivity contribution in [2.75, 3.05) is 6.61 Å². The molecule has 1 aliphatic rings. The molecule has 1 N–H and O–H groups in total. The van der Waals surface area contributed by atoms with Crippen LogP contribution in [0, 0.1) is 0 Å². The third-order valence-corrected chi connectivity index (χ3v) is 5.89. The fourth-order valence-electron chi connectivity index (χ4n) is 3.02. The van der Waals surface area contributed by atoms with Gasteiger partial charge in [-0.3, -0.25) is 0 Å². The second-order valence-electron chi connectivity index (χ2n) is 6.32. The predicted octanol–water partition coefficient (Wildman–Crippen LogP) is 4.64. The number of thiophene rings is 2. The van der Waals surface area contributed by atoms with Crippen LogP contribution in [0.25, 0.3) is 0 Å². The third-order valence-electron chi connectivity index (χ3n) is 4.01. The maximum Gasteiger partial charge on any atom is 0.0641 e. The molecule has 114 valence electrons. The van der Waals surface area contributed by atoms with Gasteiger partial charge in [-0.25, -0.2) is 0 Å². The van der Waals surface area contributed by atoms with Crippen molar-refractivity contribution in [3.05, 3.63) is 44.8 Å². The van der Waals surface area contributed by atoms with Gasteiger partial charge < -0.3 is 10.1 Å². The molecular weight excluding hydrogens is 298 g/mol. The zero-order chi connectivity index (χ0) is 14.7. The maximum atomic E-state index is 5.84. The molecule has 0 saturated carbocycles. The highest BCUT2D eigenvalue weighted by molar-refractivity contribution is 7.10. The Hall–Kier alpha value is -0.680. The lowest BCUT2D eigenvalue weighted by atomic mass is 9.93. The fraction of sp³-hybridized carbons (Fsp3) is 0.529. The summed E-state index contributed by atoms with van der Waals surface area (Å²) in [4.78, 5) is 2.89. The Kier molecular flexibility index (Phi) is 4.79. The Morgan fingerprint density at radius 2 is 2.10 bits per heavy atom. The van der Waals surface area contributed by atoms with Crippen LogP contribution in [0.5, 0.6) is 0 Å². The first kappa shape index (κ1) is 15.2. The van der Waals surface area contributed by atoms with E-state index in [1.807, 2.05) is 22.7 Å². The van der Waals surface area contributed by atoms with E-state index in [9.17, 15) is 0 Å². The molecule has 3 heterocycles. The molecule has 1 fully saturated rings. The summed E-state index contributed by atoms with van der Waals surface area (Å²) >= 11 is 3.70. The average Bonchev–Trinajstić information content (AvgIpc) is 3.10. The smallest absolute Gasteiger partial charge is 0.0641 e. The molecule has 0 aliphatic carbocycles. The first-order valence-corrected chi connectivity index (χ1v) is 9.34. The molecule has 4 heteroatoms. The maximum absolute atomic E-state index is 5.84. The number of ether oxygens (including phenoxy) is 1. The van der Waals surface area contributed by atoms with E-state index in [1.165, 1.54) is 9.75 Å². The summed E-state index contributed by atoms with van der Waals surface area (Å²) in [5.41, 5.74) is -0.00114. The lowest BCUT2D eigenvalue weighted by molar-refractivity contribution is -0.0641. The van der Waals surface area contributed by atoms with Gasteiger partial charge in [0.1, 0.15) is 0 Å². The van der Waals surface area contributed by atoms with Crippen molar-refractivity contribution in [2.24, 2.45) is 0 Å². The molecule has 2 atom stereocenters. The summed E-state index contributed by atoms with van der Waals surface area (Å²) in [5, 5.41) is 8.23. The molecule has 0 aromatic carbocycles. The first-order chi connectivity index (χ1) is 10.1. The summed E-state index contributed by atoms with van der Waals surface area (Å²) in [6.45, 7) is 5.25. The van der Waals surface area contributed by atoms with Crippen LogP contribution in [0.15, 0.2) is 35.0 Å². The van der Waals surface area contributed by atoms with Gasteiger partial charge in [-0.1, -0.05) is 12.1 Å². The lowest BCUT2D eigenvalue weighted by Gasteiger charge is -2.37. The summed E-state index contributed by atoms with van der Waals surface area (Å²) in [6.07, 6.45) is 3.27. The molecule has 2 aromatic rings. The number of nitrogens with one attached hydrogen (secondary N) is 1. The largest absolute Gasteiger partial charge is 0.375 e. The Bertz CT molecular complexity index is 533. The molecule has 2 aromatic heterocycles.